The van der Waals surface area contributed by atoms with E-state index in [4.69, 9.17) is 20.9 Å². The highest BCUT2D eigenvalue weighted by Crippen LogP contribution is 2.36. The third-order valence-corrected chi connectivity index (χ3v) is 4.09. The Morgan fingerprint density at radius 3 is 2.00 bits per heavy atom. The SMILES string of the molecule is CCC(CCOC(N)=O)CC(CC)(CC)COC(N)=O. The summed E-state index contributed by atoms with van der Waals surface area (Å²) in [5, 5.41) is 0. The molecule has 0 saturated carbocycles. The molecule has 0 aliphatic carbocycles. The van der Waals surface area contributed by atoms with E-state index in [0.29, 0.717) is 19.1 Å². The number of hydrogen-bond acceptors (Lipinski definition) is 4. The maximum Gasteiger partial charge on any atom is 0.404 e. The van der Waals surface area contributed by atoms with Crippen molar-refractivity contribution in [1.82, 2.24) is 0 Å². The van der Waals surface area contributed by atoms with Gasteiger partial charge in [-0.3, -0.25) is 0 Å². The van der Waals surface area contributed by atoms with Crippen LogP contribution in [0.25, 0.3) is 0 Å². The first-order chi connectivity index (χ1) is 9.39. The first-order valence-electron chi connectivity index (χ1n) is 7.23. The third-order valence-electron chi connectivity index (χ3n) is 4.09. The molecule has 0 bridgehead atoms. The van der Waals surface area contributed by atoms with Crippen LogP contribution in [-0.4, -0.2) is 25.4 Å². The number of amides is 2. The van der Waals surface area contributed by atoms with Crippen LogP contribution in [-0.2, 0) is 9.47 Å². The Hall–Kier alpha value is -1.46. The van der Waals surface area contributed by atoms with Crippen LogP contribution in [0.4, 0.5) is 9.59 Å². The van der Waals surface area contributed by atoms with E-state index in [1.807, 2.05) is 0 Å². The Morgan fingerprint density at radius 2 is 1.60 bits per heavy atom. The largest absolute Gasteiger partial charge is 0.450 e. The summed E-state index contributed by atoms with van der Waals surface area (Å²) in [5.74, 6) is 0.394. The molecule has 0 aromatic heterocycles. The summed E-state index contributed by atoms with van der Waals surface area (Å²) in [6, 6.07) is 0. The lowest BCUT2D eigenvalue weighted by atomic mass is 9.74. The molecule has 0 heterocycles. The van der Waals surface area contributed by atoms with Gasteiger partial charge in [-0.05, 0) is 31.6 Å². The second-order valence-corrected chi connectivity index (χ2v) is 5.25. The molecule has 6 nitrogen and oxygen atoms in total. The lowest BCUT2D eigenvalue weighted by Gasteiger charge is -2.34. The molecule has 0 aromatic rings. The van der Waals surface area contributed by atoms with Crippen molar-refractivity contribution in [1.29, 1.82) is 0 Å². The molecule has 0 aliphatic rings. The van der Waals surface area contributed by atoms with E-state index in [0.717, 1.165) is 32.1 Å². The quantitative estimate of drug-likeness (QED) is 0.644. The van der Waals surface area contributed by atoms with Crippen LogP contribution in [0, 0.1) is 11.3 Å². The van der Waals surface area contributed by atoms with Crippen LogP contribution >= 0.6 is 0 Å². The van der Waals surface area contributed by atoms with Crippen molar-refractivity contribution in [2.45, 2.75) is 52.9 Å². The fourth-order valence-electron chi connectivity index (χ4n) is 2.42. The Kier molecular flexibility index (Phi) is 8.76. The smallest absolute Gasteiger partial charge is 0.404 e. The van der Waals surface area contributed by atoms with Gasteiger partial charge in [-0.2, -0.15) is 0 Å². The van der Waals surface area contributed by atoms with Crippen LogP contribution in [0.5, 0.6) is 0 Å². The fraction of sp³-hybridized carbons (Fsp3) is 0.857. The third kappa shape index (κ3) is 7.21. The molecule has 0 saturated heterocycles. The lowest BCUT2D eigenvalue weighted by Crippen LogP contribution is -2.31. The maximum absolute atomic E-state index is 10.8. The standard InChI is InChI=1S/C14H28N2O4/c1-4-11(7-8-19-12(15)17)9-14(5-2,6-3)10-20-13(16)18/h11H,4-10H2,1-3H3,(H2,15,17)(H2,16,18). The van der Waals surface area contributed by atoms with Crippen LogP contribution in [0.15, 0.2) is 0 Å². The van der Waals surface area contributed by atoms with Crippen LogP contribution in [0.1, 0.15) is 52.9 Å². The lowest BCUT2D eigenvalue weighted by molar-refractivity contribution is 0.0572. The molecular formula is C14H28N2O4. The van der Waals surface area contributed by atoms with Gasteiger partial charge in [0, 0.05) is 5.41 Å². The van der Waals surface area contributed by atoms with Gasteiger partial charge in [-0.15, -0.1) is 0 Å². The highest BCUT2D eigenvalue weighted by atomic mass is 16.5. The predicted octanol–water partition coefficient (Wildman–Crippen LogP) is 2.79. The minimum absolute atomic E-state index is 0.0670. The van der Waals surface area contributed by atoms with Crippen molar-refractivity contribution < 1.29 is 19.1 Å². The van der Waals surface area contributed by atoms with Crippen LogP contribution < -0.4 is 11.5 Å². The van der Waals surface area contributed by atoms with Crippen LogP contribution in [0.3, 0.4) is 0 Å². The van der Waals surface area contributed by atoms with Crippen molar-refractivity contribution in [3.63, 3.8) is 0 Å². The number of carbonyl (C=O) groups is 2. The average molecular weight is 288 g/mol. The highest BCUT2D eigenvalue weighted by Gasteiger charge is 2.30. The van der Waals surface area contributed by atoms with Gasteiger partial charge in [0.1, 0.15) is 0 Å². The Bertz CT molecular complexity index is 304. The van der Waals surface area contributed by atoms with E-state index < -0.39 is 12.2 Å². The van der Waals surface area contributed by atoms with E-state index in [2.05, 4.69) is 20.8 Å². The van der Waals surface area contributed by atoms with Crippen molar-refractivity contribution >= 4 is 12.2 Å². The van der Waals surface area contributed by atoms with E-state index in [1.165, 1.54) is 0 Å². The first-order valence-corrected chi connectivity index (χ1v) is 7.23. The first kappa shape index (κ1) is 18.5. The molecule has 0 rings (SSSR count). The molecule has 4 N–H and O–H groups in total. The topological polar surface area (TPSA) is 105 Å². The molecule has 0 aliphatic heterocycles. The summed E-state index contributed by atoms with van der Waals surface area (Å²) in [4.78, 5) is 21.4. The fourth-order valence-corrected chi connectivity index (χ4v) is 2.42. The normalized spacial score (nSPS) is 12.8. The summed E-state index contributed by atoms with van der Waals surface area (Å²) in [7, 11) is 0. The Balaban J connectivity index is 4.50. The highest BCUT2D eigenvalue weighted by molar-refractivity contribution is 5.64. The van der Waals surface area contributed by atoms with Crippen molar-refractivity contribution in [2.75, 3.05) is 13.2 Å². The molecule has 0 radical (unpaired) electrons. The second kappa shape index (κ2) is 9.44. The second-order valence-electron chi connectivity index (χ2n) is 5.25. The van der Waals surface area contributed by atoms with E-state index in [-0.39, 0.29) is 5.41 Å². The van der Waals surface area contributed by atoms with Gasteiger partial charge in [0.05, 0.1) is 13.2 Å². The monoisotopic (exact) mass is 288 g/mol. The number of rotatable bonds is 10. The molecule has 0 fully saturated rings. The van der Waals surface area contributed by atoms with Gasteiger partial charge >= 0.3 is 12.2 Å². The van der Waals surface area contributed by atoms with Gasteiger partial charge < -0.3 is 20.9 Å². The summed E-state index contributed by atoms with van der Waals surface area (Å²) in [6.07, 6.45) is 2.98. The number of carbonyl (C=O) groups excluding carboxylic acids is 2. The van der Waals surface area contributed by atoms with Gasteiger partial charge in [0.2, 0.25) is 0 Å². The molecule has 1 atom stereocenters. The van der Waals surface area contributed by atoms with Gasteiger partial charge in [0.15, 0.2) is 0 Å². The van der Waals surface area contributed by atoms with Crippen molar-refractivity contribution in [3.8, 4) is 0 Å². The van der Waals surface area contributed by atoms with Gasteiger partial charge in [0.25, 0.3) is 0 Å². The van der Waals surface area contributed by atoms with Crippen molar-refractivity contribution in [3.05, 3.63) is 0 Å². The molecule has 6 heteroatoms. The van der Waals surface area contributed by atoms with E-state index in [9.17, 15) is 9.59 Å². The summed E-state index contributed by atoms with van der Waals surface area (Å²) in [6.45, 7) is 6.93. The number of hydrogen-bond donors (Lipinski definition) is 2. The minimum Gasteiger partial charge on any atom is -0.450 e. The van der Waals surface area contributed by atoms with E-state index in [1.54, 1.807) is 0 Å². The van der Waals surface area contributed by atoms with Crippen molar-refractivity contribution in [2.24, 2.45) is 22.8 Å². The Morgan fingerprint density at radius 1 is 1.05 bits per heavy atom. The summed E-state index contributed by atoms with van der Waals surface area (Å²) >= 11 is 0. The maximum atomic E-state index is 10.8. The molecule has 0 spiro atoms. The molecular weight excluding hydrogens is 260 g/mol. The molecule has 20 heavy (non-hydrogen) atoms. The van der Waals surface area contributed by atoms with E-state index >= 15 is 0 Å². The molecule has 118 valence electrons. The molecule has 2 amide bonds. The predicted molar refractivity (Wildman–Crippen MR) is 77.1 cm³/mol. The minimum atomic E-state index is -0.742. The number of ether oxygens (including phenoxy) is 2. The zero-order valence-corrected chi connectivity index (χ0v) is 12.8. The number of nitrogens with two attached hydrogens (primary N) is 2. The zero-order valence-electron chi connectivity index (χ0n) is 12.8. The summed E-state index contributed by atoms with van der Waals surface area (Å²) < 4.78 is 9.80. The average Bonchev–Trinajstić information content (AvgIpc) is 2.41. The molecule has 1 unspecified atom stereocenters. The van der Waals surface area contributed by atoms with Gasteiger partial charge in [-0.1, -0.05) is 27.2 Å². The Labute approximate surface area is 121 Å². The van der Waals surface area contributed by atoms with Crippen LogP contribution in [0.2, 0.25) is 0 Å². The van der Waals surface area contributed by atoms with Gasteiger partial charge in [-0.25, -0.2) is 9.59 Å². The summed E-state index contributed by atoms with van der Waals surface area (Å²) in [5.41, 5.74) is 9.93. The number of primary amides is 2. The zero-order chi connectivity index (χ0) is 15.6. The molecule has 0 aromatic carbocycles.